The molecule has 2 aromatic carbocycles. The molecule has 0 bridgehead atoms. The number of halogens is 3. The van der Waals surface area contributed by atoms with Crippen LogP contribution in [0.5, 0.6) is 5.75 Å². The lowest BCUT2D eigenvalue weighted by Crippen LogP contribution is -2.10. The fourth-order valence-corrected chi connectivity index (χ4v) is 1.81. The van der Waals surface area contributed by atoms with Gasteiger partial charge in [0.05, 0.1) is 5.02 Å². The predicted octanol–water partition coefficient (Wildman–Crippen LogP) is 3.48. The number of amidine groups is 1. The van der Waals surface area contributed by atoms with Crippen molar-refractivity contribution in [2.45, 2.75) is 6.61 Å². The summed E-state index contributed by atoms with van der Waals surface area (Å²) < 4.78 is 31.2. The van der Waals surface area contributed by atoms with Crippen LogP contribution in [0.1, 0.15) is 11.1 Å². The molecule has 0 fully saturated rings. The normalized spacial score (nSPS) is 10.3. The molecule has 0 heterocycles. The second-order valence-corrected chi connectivity index (χ2v) is 4.50. The summed E-state index contributed by atoms with van der Waals surface area (Å²) in [7, 11) is 0. The van der Waals surface area contributed by atoms with Crippen LogP contribution in [0.25, 0.3) is 0 Å². The van der Waals surface area contributed by atoms with Crippen LogP contribution in [0, 0.1) is 17.0 Å². The third-order valence-electron chi connectivity index (χ3n) is 2.62. The number of rotatable bonds is 4. The molecule has 0 amide bonds. The molecule has 0 radical (unpaired) electrons. The van der Waals surface area contributed by atoms with Crippen LogP contribution >= 0.6 is 11.6 Å². The van der Waals surface area contributed by atoms with Crippen LogP contribution in [0.15, 0.2) is 36.4 Å². The summed E-state index contributed by atoms with van der Waals surface area (Å²) in [6, 6.07) is 8.19. The highest BCUT2D eigenvalue weighted by atomic mass is 35.5. The molecule has 0 unspecified atom stereocenters. The van der Waals surface area contributed by atoms with Crippen LogP contribution in [-0.4, -0.2) is 5.84 Å². The van der Waals surface area contributed by atoms with E-state index < -0.39 is 11.6 Å². The molecule has 0 spiro atoms. The summed E-state index contributed by atoms with van der Waals surface area (Å²) in [5.41, 5.74) is 6.30. The van der Waals surface area contributed by atoms with Crippen molar-refractivity contribution in [2.75, 3.05) is 0 Å². The molecule has 2 aromatic rings. The Balaban J connectivity index is 2.10. The monoisotopic (exact) mass is 296 g/mol. The molecule has 104 valence electrons. The first kappa shape index (κ1) is 14.3. The van der Waals surface area contributed by atoms with E-state index in [2.05, 4.69) is 0 Å². The van der Waals surface area contributed by atoms with Crippen molar-refractivity contribution in [3.05, 3.63) is 64.2 Å². The van der Waals surface area contributed by atoms with Crippen molar-refractivity contribution in [2.24, 2.45) is 5.73 Å². The first-order chi connectivity index (χ1) is 9.47. The minimum atomic E-state index is -0.927. The summed E-state index contributed by atoms with van der Waals surface area (Å²) in [5, 5.41) is 7.58. The van der Waals surface area contributed by atoms with Crippen molar-refractivity contribution < 1.29 is 13.5 Å². The maximum Gasteiger partial charge on any atom is 0.159 e. The molecule has 0 saturated carbocycles. The molecule has 0 aromatic heterocycles. The van der Waals surface area contributed by atoms with Gasteiger partial charge in [0.2, 0.25) is 0 Å². The van der Waals surface area contributed by atoms with Gasteiger partial charge in [-0.1, -0.05) is 17.7 Å². The Hall–Kier alpha value is -2.14. The van der Waals surface area contributed by atoms with E-state index in [1.165, 1.54) is 12.1 Å². The van der Waals surface area contributed by atoms with Crippen molar-refractivity contribution in [3.63, 3.8) is 0 Å². The number of hydrogen-bond acceptors (Lipinski definition) is 2. The molecular formula is C14H11ClF2N2O. The van der Waals surface area contributed by atoms with Crippen LogP contribution in [-0.2, 0) is 6.61 Å². The number of nitrogens with one attached hydrogen (secondary N) is 1. The van der Waals surface area contributed by atoms with Gasteiger partial charge in [-0.2, -0.15) is 0 Å². The van der Waals surface area contributed by atoms with Crippen LogP contribution in [0.4, 0.5) is 8.78 Å². The number of benzene rings is 2. The highest BCUT2D eigenvalue weighted by Crippen LogP contribution is 2.26. The third kappa shape index (κ3) is 3.24. The van der Waals surface area contributed by atoms with Gasteiger partial charge in [-0.15, -0.1) is 0 Å². The summed E-state index contributed by atoms with van der Waals surface area (Å²) >= 11 is 5.98. The Morgan fingerprint density at radius 1 is 1.15 bits per heavy atom. The van der Waals surface area contributed by atoms with Gasteiger partial charge in [0.1, 0.15) is 18.2 Å². The van der Waals surface area contributed by atoms with E-state index in [4.69, 9.17) is 27.5 Å². The molecule has 0 saturated heterocycles. The topological polar surface area (TPSA) is 59.1 Å². The first-order valence-electron chi connectivity index (χ1n) is 5.68. The molecule has 0 aliphatic heterocycles. The predicted molar refractivity (Wildman–Crippen MR) is 73.2 cm³/mol. The lowest BCUT2D eigenvalue weighted by molar-refractivity contribution is 0.305. The van der Waals surface area contributed by atoms with Gasteiger partial charge in [0.15, 0.2) is 11.6 Å². The van der Waals surface area contributed by atoms with E-state index >= 15 is 0 Å². The Morgan fingerprint density at radius 2 is 1.90 bits per heavy atom. The van der Waals surface area contributed by atoms with Gasteiger partial charge in [-0.3, -0.25) is 5.41 Å². The summed E-state index contributed by atoms with van der Waals surface area (Å²) in [6.07, 6.45) is 0. The lowest BCUT2D eigenvalue weighted by atomic mass is 10.2. The molecule has 2 rings (SSSR count). The second-order valence-electron chi connectivity index (χ2n) is 4.10. The zero-order valence-corrected chi connectivity index (χ0v) is 11.0. The highest BCUT2D eigenvalue weighted by molar-refractivity contribution is 6.32. The maximum absolute atomic E-state index is 13.0. The largest absolute Gasteiger partial charge is 0.487 e. The quantitative estimate of drug-likeness (QED) is 0.670. The Morgan fingerprint density at radius 3 is 2.50 bits per heavy atom. The van der Waals surface area contributed by atoms with E-state index in [0.717, 1.165) is 12.1 Å². The molecule has 3 N–H and O–H groups in total. The minimum Gasteiger partial charge on any atom is -0.487 e. The van der Waals surface area contributed by atoms with Gasteiger partial charge in [0, 0.05) is 5.56 Å². The number of nitrogen functional groups attached to an aromatic ring is 1. The summed E-state index contributed by atoms with van der Waals surface area (Å²) in [4.78, 5) is 0. The zero-order chi connectivity index (χ0) is 14.7. The Bertz CT molecular complexity index is 662. The first-order valence-corrected chi connectivity index (χ1v) is 6.06. The smallest absolute Gasteiger partial charge is 0.159 e. The van der Waals surface area contributed by atoms with Crippen LogP contribution < -0.4 is 10.5 Å². The van der Waals surface area contributed by atoms with Crippen molar-refractivity contribution in [3.8, 4) is 5.75 Å². The molecule has 3 nitrogen and oxygen atoms in total. The SMILES string of the molecule is N=C(N)c1ccc(OCc2ccc(F)c(F)c2)c(Cl)c1. The van der Waals surface area contributed by atoms with Gasteiger partial charge >= 0.3 is 0 Å². The van der Waals surface area contributed by atoms with E-state index in [-0.39, 0.29) is 12.4 Å². The average Bonchev–Trinajstić information content (AvgIpc) is 2.41. The molecular weight excluding hydrogens is 286 g/mol. The number of ether oxygens (including phenoxy) is 1. The Kier molecular flexibility index (Phi) is 4.20. The standard InChI is InChI=1S/C14H11ClF2N2O/c15-10-6-9(14(18)19)2-4-13(10)20-7-8-1-3-11(16)12(17)5-8/h1-6H,7H2,(H3,18,19). The van der Waals surface area contributed by atoms with E-state index in [9.17, 15) is 8.78 Å². The third-order valence-corrected chi connectivity index (χ3v) is 2.92. The van der Waals surface area contributed by atoms with Gasteiger partial charge in [0.25, 0.3) is 0 Å². The molecule has 20 heavy (non-hydrogen) atoms. The van der Waals surface area contributed by atoms with Crippen LogP contribution in [0.2, 0.25) is 5.02 Å². The van der Waals surface area contributed by atoms with Gasteiger partial charge in [-0.05, 0) is 35.9 Å². The number of hydrogen-bond donors (Lipinski definition) is 2. The van der Waals surface area contributed by atoms with E-state index in [1.54, 1.807) is 12.1 Å². The number of nitrogens with two attached hydrogens (primary N) is 1. The fourth-order valence-electron chi connectivity index (χ4n) is 1.58. The van der Waals surface area contributed by atoms with Crippen molar-refractivity contribution >= 4 is 17.4 Å². The Labute approximate surface area is 119 Å². The fraction of sp³-hybridized carbons (Fsp3) is 0.0714. The van der Waals surface area contributed by atoms with Crippen molar-refractivity contribution in [1.82, 2.24) is 0 Å². The molecule has 0 atom stereocenters. The second kappa shape index (κ2) is 5.88. The van der Waals surface area contributed by atoms with E-state index in [0.29, 0.717) is 21.9 Å². The average molecular weight is 297 g/mol. The van der Waals surface area contributed by atoms with Gasteiger partial charge in [-0.25, -0.2) is 8.78 Å². The van der Waals surface area contributed by atoms with E-state index in [1.807, 2.05) is 0 Å². The molecule has 0 aliphatic carbocycles. The van der Waals surface area contributed by atoms with Gasteiger partial charge < -0.3 is 10.5 Å². The molecule has 0 aliphatic rings. The van der Waals surface area contributed by atoms with Crippen LogP contribution in [0.3, 0.4) is 0 Å². The lowest BCUT2D eigenvalue weighted by Gasteiger charge is -2.09. The summed E-state index contributed by atoms with van der Waals surface area (Å²) in [6.45, 7) is 0.0519. The molecule has 6 heteroatoms. The maximum atomic E-state index is 13.0. The minimum absolute atomic E-state index is 0.0519. The summed E-state index contributed by atoms with van der Waals surface area (Å²) in [5.74, 6) is -1.55. The zero-order valence-electron chi connectivity index (χ0n) is 10.3. The highest BCUT2D eigenvalue weighted by Gasteiger charge is 2.07. The van der Waals surface area contributed by atoms with Crippen molar-refractivity contribution in [1.29, 1.82) is 5.41 Å².